The molecular formula is C22H23N3O2. The van der Waals surface area contributed by atoms with E-state index in [9.17, 15) is 5.11 Å². The van der Waals surface area contributed by atoms with Crippen molar-refractivity contribution in [2.45, 2.75) is 18.9 Å². The van der Waals surface area contributed by atoms with Gasteiger partial charge in [0, 0.05) is 18.2 Å². The summed E-state index contributed by atoms with van der Waals surface area (Å²) in [5, 5.41) is 13.5. The average molecular weight is 361 g/mol. The maximum Gasteiger partial charge on any atom is 0.130 e. The van der Waals surface area contributed by atoms with Gasteiger partial charge >= 0.3 is 0 Å². The van der Waals surface area contributed by atoms with Crippen LogP contribution in [0.4, 0.5) is 5.82 Å². The molecule has 138 valence electrons. The fourth-order valence-corrected chi connectivity index (χ4v) is 2.83. The second-order valence-electron chi connectivity index (χ2n) is 6.87. The third kappa shape index (κ3) is 4.83. The average Bonchev–Trinajstić information content (AvgIpc) is 3.56. The number of aromatic nitrogens is 2. The van der Waals surface area contributed by atoms with Gasteiger partial charge in [0.15, 0.2) is 0 Å². The lowest BCUT2D eigenvalue weighted by molar-refractivity contribution is 0.191. The molecule has 1 aromatic heterocycles. The van der Waals surface area contributed by atoms with Crippen LogP contribution in [0.15, 0.2) is 67.0 Å². The zero-order valence-electron chi connectivity index (χ0n) is 15.1. The van der Waals surface area contributed by atoms with Crippen LogP contribution in [-0.4, -0.2) is 28.2 Å². The van der Waals surface area contributed by atoms with E-state index in [0.29, 0.717) is 12.4 Å². The number of aliphatic hydroxyl groups is 1. The Bertz CT molecular complexity index is 864. The monoisotopic (exact) mass is 361 g/mol. The van der Waals surface area contributed by atoms with Crippen LogP contribution in [0, 0.1) is 5.92 Å². The quantitative estimate of drug-likeness (QED) is 0.633. The van der Waals surface area contributed by atoms with Gasteiger partial charge in [-0.05, 0) is 48.6 Å². The van der Waals surface area contributed by atoms with Crippen LogP contribution in [0.2, 0.25) is 0 Å². The molecule has 27 heavy (non-hydrogen) atoms. The van der Waals surface area contributed by atoms with Gasteiger partial charge in [-0.25, -0.2) is 9.97 Å². The van der Waals surface area contributed by atoms with E-state index in [0.717, 1.165) is 35.1 Å². The Labute approximate surface area is 159 Å². The molecule has 4 rings (SSSR count). The molecule has 2 aromatic carbocycles. The lowest BCUT2D eigenvalue weighted by atomic mass is 10.1. The molecule has 2 N–H and O–H groups in total. The van der Waals surface area contributed by atoms with Gasteiger partial charge < -0.3 is 15.2 Å². The number of nitrogens with zero attached hydrogens (tertiary/aromatic N) is 2. The number of hydrogen-bond acceptors (Lipinski definition) is 5. The number of nitrogens with one attached hydrogen (secondary N) is 1. The molecule has 0 radical (unpaired) electrons. The number of ether oxygens (including phenoxy) is 1. The fraction of sp³-hybridized carbons (Fsp3) is 0.273. The molecule has 0 saturated heterocycles. The maximum absolute atomic E-state index is 10.3. The number of aliphatic hydroxyl groups excluding tert-OH is 1. The summed E-state index contributed by atoms with van der Waals surface area (Å²) in [5.74, 6) is 2.32. The largest absolute Gasteiger partial charge is 0.493 e. The minimum absolute atomic E-state index is 0.383. The molecule has 1 aliphatic carbocycles. The van der Waals surface area contributed by atoms with Crippen molar-refractivity contribution in [3.05, 3.63) is 72.6 Å². The molecule has 5 nitrogen and oxygen atoms in total. The van der Waals surface area contributed by atoms with Crippen molar-refractivity contribution in [1.82, 2.24) is 9.97 Å². The number of hydrogen-bond donors (Lipinski definition) is 2. The van der Waals surface area contributed by atoms with Gasteiger partial charge in [0.1, 0.15) is 17.9 Å². The van der Waals surface area contributed by atoms with E-state index >= 15 is 0 Å². The van der Waals surface area contributed by atoms with Crippen molar-refractivity contribution in [3.8, 4) is 17.0 Å². The predicted octanol–water partition coefficient (Wildman–Crippen LogP) is 4.08. The van der Waals surface area contributed by atoms with Crippen LogP contribution >= 0.6 is 0 Å². The van der Waals surface area contributed by atoms with Crippen molar-refractivity contribution in [3.63, 3.8) is 0 Å². The highest BCUT2D eigenvalue weighted by Gasteiger charge is 2.21. The van der Waals surface area contributed by atoms with Crippen LogP contribution in [0.1, 0.15) is 24.5 Å². The van der Waals surface area contributed by atoms with E-state index in [1.165, 1.54) is 19.2 Å². The van der Waals surface area contributed by atoms with Crippen molar-refractivity contribution < 1.29 is 9.84 Å². The smallest absolute Gasteiger partial charge is 0.130 e. The Balaban J connectivity index is 1.38. The number of anilines is 1. The van der Waals surface area contributed by atoms with Gasteiger partial charge in [-0.15, -0.1) is 0 Å². The van der Waals surface area contributed by atoms with Crippen LogP contribution in [0.5, 0.6) is 5.75 Å². The Morgan fingerprint density at radius 2 is 1.81 bits per heavy atom. The summed E-state index contributed by atoms with van der Waals surface area (Å²) in [7, 11) is 0. The first-order valence-electron chi connectivity index (χ1n) is 9.30. The zero-order valence-corrected chi connectivity index (χ0v) is 15.1. The van der Waals surface area contributed by atoms with Crippen molar-refractivity contribution >= 4 is 5.82 Å². The van der Waals surface area contributed by atoms with Gasteiger partial charge in [0.2, 0.25) is 0 Å². The summed E-state index contributed by atoms with van der Waals surface area (Å²) < 4.78 is 5.78. The Morgan fingerprint density at radius 1 is 1.04 bits per heavy atom. The summed E-state index contributed by atoms with van der Waals surface area (Å²) in [4.78, 5) is 8.60. The molecule has 1 atom stereocenters. The van der Waals surface area contributed by atoms with Gasteiger partial charge in [-0.1, -0.05) is 30.3 Å². The van der Waals surface area contributed by atoms with Crippen molar-refractivity contribution in [2.75, 3.05) is 18.5 Å². The second-order valence-corrected chi connectivity index (χ2v) is 6.87. The molecule has 1 fully saturated rings. The van der Waals surface area contributed by atoms with E-state index < -0.39 is 6.10 Å². The van der Waals surface area contributed by atoms with E-state index in [4.69, 9.17) is 4.74 Å². The van der Waals surface area contributed by atoms with Gasteiger partial charge in [-0.3, -0.25) is 0 Å². The Morgan fingerprint density at radius 3 is 2.56 bits per heavy atom. The third-order valence-corrected chi connectivity index (χ3v) is 4.66. The minimum atomic E-state index is -0.590. The summed E-state index contributed by atoms with van der Waals surface area (Å²) >= 11 is 0. The molecule has 1 heterocycles. The van der Waals surface area contributed by atoms with Crippen LogP contribution in [0.25, 0.3) is 11.3 Å². The van der Waals surface area contributed by atoms with E-state index in [1.54, 1.807) is 0 Å². The molecule has 0 amide bonds. The summed E-state index contributed by atoms with van der Waals surface area (Å²) in [6.45, 7) is 1.19. The Kier molecular flexibility index (Phi) is 5.30. The lowest BCUT2D eigenvalue weighted by Gasteiger charge is -2.13. The molecule has 1 unspecified atom stereocenters. The summed E-state index contributed by atoms with van der Waals surface area (Å²) in [6.07, 6.45) is 3.51. The molecule has 5 heteroatoms. The van der Waals surface area contributed by atoms with Gasteiger partial charge in [-0.2, -0.15) is 0 Å². The lowest BCUT2D eigenvalue weighted by Crippen LogP contribution is -2.13. The normalized spacial score (nSPS) is 14.6. The molecule has 3 aromatic rings. The minimum Gasteiger partial charge on any atom is -0.493 e. The van der Waals surface area contributed by atoms with Gasteiger partial charge in [0.05, 0.1) is 18.4 Å². The molecule has 0 bridgehead atoms. The predicted molar refractivity (Wildman–Crippen MR) is 106 cm³/mol. The highest BCUT2D eigenvalue weighted by molar-refractivity contribution is 5.62. The van der Waals surface area contributed by atoms with Gasteiger partial charge in [0.25, 0.3) is 0 Å². The Hall–Kier alpha value is -2.92. The van der Waals surface area contributed by atoms with Crippen LogP contribution in [0.3, 0.4) is 0 Å². The van der Waals surface area contributed by atoms with Crippen LogP contribution in [-0.2, 0) is 0 Å². The first-order chi connectivity index (χ1) is 13.3. The molecule has 0 aliphatic heterocycles. The number of rotatable bonds is 8. The zero-order chi connectivity index (χ0) is 18.5. The molecule has 1 aliphatic rings. The van der Waals surface area contributed by atoms with E-state index in [-0.39, 0.29) is 0 Å². The highest BCUT2D eigenvalue weighted by atomic mass is 16.5. The number of benzene rings is 2. The summed E-state index contributed by atoms with van der Waals surface area (Å²) in [6, 6.07) is 19.4. The third-order valence-electron chi connectivity index (χ3n) is 4.66. The highest BCUT2D eigenvalue weighted by Crippen LogP contribution is 2.30. The SMILES string of the molecule is OC(CNc1cc(-c2ccc(OCC3CC3)cc2)ncn1)c1ccccc1. The fourth-order valence-electron chi connectivity index (χ4n) is 2.83. The van der Waals surface area contributed by atoms with Crippen molar-refractivity contribution in [2.24, 2.45) is 5.92 Å². The van der Waals surface area contributed by atoms with Crippen LogP contribution < -0.4 is 10.1 Å². The first-order valence-corrected chi connectivity index (χ1v) is 9.30. The van der Waals surface area contributed by atoms with Crippen molar-refractivity contribution in [1.29, 1.82) is 0 Å². The molecular weight excluding hydrogens is 338 g/mol. The molecule has 1 saturated carbocycles. The first kappa shape index (κ1) is 17.5. The standard InChI is InChI=1S/C22H23N3O2/c26-21(18-4-2-1-3-5-18)13-23-22-12-20(24-15-25-22)17-8-10-19(11-9-17)27-14-16-6-7-16/h1-5,8-12,15-16,21,26H,6-7,13-14H2,(H,23,24,25). The second kappa shape index (κ2) is 8.18. The topological polar surface area (TPSA) is 67.3 Å². The maximum atomic E-state index is 10.3. The van der Waals surface area contributed by atoms with E-state index in [2.05, 4.69) is 15.3 Å². The molecule has 0 spiro atoms. The summed E-state index contributed by atoms with van der Waals surface area (Å²) in [5.41, 5.74) is 2.71. The van der Waals surface area contributed by atoms with E-state index in [1.807, 2.05) is 60.7 Å².